The van der Waals surface area contributed by atoms with Gasteiger partial charge in [0.05, 0.1) is 11.4 Å². The van der Waals surface area contributed by atoms with Gasteiger partial charge in [-0.05, 0) is 37.1 Å². The number of ether oxygens (including phenoxy) is 2. The van der Waals surface area contributed by atoms with Crippen LogP contribution in [0.5, 0.6) is 11.5 Å². The Labute approximate surface area is 117 Å². The summed E-state index contributed by atoms with van der Waals surface area (Å²) < 4.78 is 11.9. The van der Waals surface area contributed by atoms with Crippen molar-refractivity contribution in [2.45, 2.75) is 26.3 Å². The molecule has 2 N–H and O–H groups in total. The number of rotatable bonds is 1. The highest BCUT2D eigenvalue weighted by Gasteiger charge is 2.36. The van der Waals surface area contributed by atoms with Gasteiger partial charge in [0, 0.05) is 0 Å². The van der Waals surface area contributed by atoms with E-state index >= 15 is 0 Å². The molecular weight excluding hydrogens is 252 g/mol. The van der Waals surface area contributed by atoms with Gasteiger partial charge >= 0.3 is 0 Å². The first-order chi connectivity index (χ1) is 9.72. The second-order valence-electron chi connectivity index (χ2n) is 5.26. The molecule has 102 valence electrons. The third kappa shape index (κ3) is 1.61. The van der Waals surface area contributed by atoms with Crippen molar-refractivity contribution < 1.29 is 9.47 Å². The van der Waals surface area contributed by atoms with Crippen LogP contribution >= 0.6 is 0 Å². The molecule has 4 rings (SSSR count). The third-order valence-corrected chi connectivity index (χ3v) is 3.83. The molecule has 0 fully saturated rings. The Morgan fingerprint density at radius 1 is 0.750 bits per heavy atom. The zero-order chi connectivity index (χ0) is 13.7. The van der Waals surface area contributed by atoms with Gasteiger partial charge in [0.2, 0.25) is 12.5 Å². The van der Waals surface area contributed by atoms with E-state index in [1.807, 2.05) is 24.3 Å². The molecule has 4 nitrogen and oxygen atoms in total. The summed E-state index contributed by atoms with van der Waals surface area (Å²) in [5, 5.41) is 6.78. The molecule has 0 spiro atoms. The van der Waals surface area contributed by atoms with Gasteiger partial charge < -0.3 is 20.1 Å². The topological polar surface area (TPSA) is 42.5 Å². The third-order valence-electron chi connectivity index (χ3n) is 3.83. The minimum atomic E-state index is -0.224. The largest absolute Gasteiger partial charge is 0.462 e. The molecule has 4 heteroatoms. The van der Waals surface area contributed by atoms with Crippen LogP contribution < -0.4 is 20.1 Å². The molecule has 0 saturated carbocycles. The molecule has 0 amide bonds. The summed E-state index contributed by atoms with van der Waals surface area (Å²) in [7, 11) is 0. The summed E-state index contributed by atoms with van der Waals surface area (Å²) in [5.41, 5.74) is 4.46. The maximum absolute atomic E-state index is 5.94. The van der Waals surface area contributed by atoms with E-state index in [0.29, 0.717) is 0 Å². The monoisotopic (exact) mass is 268 g/mol. The molecule has 0 aliphatic carbocycles. The maximum atomic E-state index is 5.94. The summed E-state index contributed by atoms with van der Waals surface area (Å²) in [4.78, 5) is 0. The van der Waals surface area contributed by atoms with Crippen LogP contribution in [0.25, 0.3) is 0 Å². The minimum absolute atomic E-state index is 0.224. The highest BCUT2D eigenvalue weighted by Crippen LogP contribution is 2.40. The van der Waals surface area contributed by atoms with E-state index in [2.05, 4.69) is 36.6 Å². The van der Waals surface area contributed by atoms with Crippen LogP contribution in [-0.4, -0.2) is 12.5 Å². The lowest BCUT2D eigenvalue weighted by molar-refractivity contribution is 0.113. The molecule has 2 unspecified atom stereocenters. The Morgan fingerprint density at radius 3 is 1.60 bits per heavy atom. The lowest BCUT2D eigenvalue weighted by Gasteiger charge is -2.19. The lowest BCUT2D eigenvalue weighted by Crippen LogP contribution is -2.41. The quantitative estimate of drug-likeness (QED) is 0.833. The summed E-state index contributed by atoms with van der Waals surface area (Å²) in [6.45, 7) is 4.14. The van der Waals surface area contributed by atoms with Crippen LogP contribution in [0.4, 0.5) is 11.4 Å². The van der Waals surface area contributed by atoms with Crippen molar-refractivity contribution in [3.05, 3.63) is 47.5 Å². The highest BCUT2D eigenvalue weighted by atomic mass is 16.6. The number of anilines is 2. The molecule has 2 aromatic rings. The molecule has 2 aliphatic heterocycles. The van der Waals surface area contributed by atoms with Crippen LogP contribution in [0.3, 0.4) is 0 Å². The van der Waals surface area contributed by atoms with E-state index < -0.39 is 0 Å². The minimum Gasteiger partial charge on any atom is -0.462 e. The average Bonchev–Trinajstić information content (AvgIpc) is 3.03. The normalized spacial score (nSPS) is 22.1. The molecule has 0 radical (unpaired) electrons. The molecule has 0 aromatic heterocycles. The highest BCUT2D eigenvalue weighted by molar-refractivity contribution is 5.68. The van der Waals surface area contributed by atoms with Crippen LogP contribution in [0.2, 0.25) is 0 Å². The Hall–Kier alpha value is -2.36. The first-order valence-corrected chi connectivity index (χ1v) is 6.78. The molecule has 2 aromatic carbocycles. The summed E-state index contributed by atoms with van der Waals surface area (Å²) in [6, 6.07) is 12.1. The predicted molar refractivity (Wildman–Crippen MR) is 78.4 cm³/mol. The Kier molecular flexibility index (Phi) is 2.33. The SMILES string of the molecule is Cc1cccc2c1NC(C1Nc3c(C)cccc3O1)O2. The van der Waals surface area contributed by atoms with E-state index in [1.54, 1.807) is 0 Å². The van der Waals surface area contributed by atoms with Crippen molar-refractivity contribution in [2.24, 2.45) is 0 Å². The van der Waals surface area contributed by atoms with E-state index in [-0.39, 0.29) is 12.5 Å². The molecular formula is C16H16N2O2. The number of hydrogen-bond acceptors (Lipinski definition) is 4. The van der Waals surface area contributed by atoms with Gasteiger partial charge in [-0.25, -0.2) is 0 Å². The fourth-order valence-electron chi connectivity index (χ4n) is 2.74. The van der Waals surface area contributed by atoms with E-state index in [1.165, 1.54) is 11.1 Å². The van der Waals surface area contributed by atoms with Gasteiger partial charge in [-0.3, -0.25) is 0 Å². The molecule has 0 saturated heterocycles. The van der Waals surface area contributed by atoms with Crippen LogP contribution in [0.15, 0.2) is 36.4 Å². The fourth-order valence-corrected chi connectivity index (χ4v) is 2.74. The molecule has 2 aliphatic rings. The first-order valence-electron chi connectivity index (χ1n) is 6.78. The van der Waals surface area contributed by atoms with Gasteiger partial charge in [-0.2, -0.15) is 0 Å². The zero-order valence-corrected chi connectivity index (χ0v) is 11.4. The number of hydrogen-bond donors (Lipinski definition) is 2. The Bertz CT molecular complexity index is 625. The Balaban J connectivity index is 1.59. The standard InChI is InChI=1S/C16H16N2O2/c1-9-5-3-7-11-13(9)17-15(19-11)16-18-14-10(2)6-4-8-12(14)20-16/h3-8,15-18H,1-2H3. The van der Waals surface area contributed by atoms with Crippen LogP contribution in [-0.2, 0) is 0 Å². The van der Waals surface area contributed by atoms with Gasteiger partial charge in [0.25, 0.3) is 0 Å². The zero-order valence-electron chi connectivity index (χ0n) is 11.4. The number of benzene rings is 2. The molecule has 0 bridgehead atoms. The smallest absolute Gasteiger partial charge is 0.226 e. The van der Waals surface area contributed by atoms with Crippen molar-refractivity contribution in [2.75, 3.05) is 10.6 Å². The second-order valence-corrected chi connectivity index (χ2v) is 5.26. The summed E-state index contributed by atoms with van der Waals surface area (Å²) in [6.07, 6.45) is -0.448. The molecule has 2 heterocycles. The summed E-state index contributed by atoms with van der Waals surface area (Å²) in [5.74, 6) is 1.76. The van der Waals surface area contributed by atoms with Crippen molar-refractivity contribution in [3.8, 4) is 11.5 Å². The lowest BCUT2D eigenvalue weighted by atomic mass is 10.2. The van der Waals surface area contributed by atoms with Gasteiger partial charge in [0.1, 0.15) is 11.5 Å². The van der Waals surface area contributed by atoms with Crippen molar-refractivity contribution >= 4 is 11.4 Å². The Morgan fingerprint density at radius 2 is 1.20 bits per heavy atom. The predicted octanol–water partition coefficient (Wildman–Crippen LogP) is 3.26. The molecule has 2 atom stereocenters. The van der Waals surface area contributed by atoms with Gasteiger partial charge in [-0.1, -0.05) is 24.3 Å². The number of para-hydroxylation sites is 2. The second kappa shape index (κ2) is 4.07. The fraction of sp³-hybridized carbons (Fsp3) is 0.250. The van der Waals surface area contributed by atoms with Crippen LogP contribution in [0.1, 0.15) is 11.1 Å². The van der Waals surface area contributed by atoms with E-state index in [4.69, 9.17) is 9.47 Å². The van der Waals surface area contributed by atoms with Crippen molar-refractivity contribution in [3.63, 3.8) is 0 Å². The van der Waals surface area contributed by atoms with Gasteiger partial charge in [-0.15, -0.1) is 0 Å². The van der Waals surface area contributed by atoms with Crippen LogP contribution in [0, 0.1) is 13.8 Å². The first kappa shape index (κ1) is 11.5. The average molecular weight is 268 g/mol. The van der Waals surface area contributed by atoms with E-state index in [0.717, 1.165) is 22.9 Å². The van der Waals surface area contributed by atoms with Gasteiger partial charge in [0.15, 0.2) is 0 Å². The molecule has 20 heavy (non-hydrogen) atoms. The van der Waals surface area contributed by atoms with E-state index in [9.17, 15) is 0 Å². The van der Waals surface area contributed by atoms with Crippen molar-refractivity contribution in [1.29, 1.82) is 0 Å². The summed E-state index contributed by atoms with van der Waals surface area (Å²) >= 11 is 0. The number of fused-ring (bicyclic) bond motifs is 2. The number of nitrogens with one attached hydrogen (secondary N) is 2. The van der Waals surface area contributed by atoms with Crippen molar-refractivity contribution in [1.82, 2.24) is 0 Å². The maximum Gasteiger partial charge on any atom is 0.226 e. The number of aryl methyl sites for hydroxylation is 2.